The van der Waals surface area contributed by atoms with E-state index in [0.717, 1.165) is 61.7 Å². The molecule has 20 nitrogen and oxygen atoms in total. The van der Waals surface area contributed by atoms with Crippen LogP contribution in [0.4, 0.5) is 0 Å². The maximum atomic E-state index is 11.9. The summed E-state index contributed by atoms with van der Waals surface area (Å²) in [5.41, 5.74) is 12.6. The summed E-state index contributed by atoms with van der Waals surface area (Å²) >= 11 is 3.52. The van der Waals surface area contributed by atoms with Crippen LogP contribution in [0.2, 0.25) is 0 Å². The molecule has 0 aliphatic carbocycles. The second-order valence-electron chi connectivity index (χ2n) is 14.2. The molecule has 0 saturated heterocycles. The van der Waals surface area contributed by atoms with Crippen LogP contribution in [0.5, 0.6) is 0 Å². The molecule has 0 aromatic heterocycles. The average Bonchev–Trinajstić information content (AvgIpc) is 3.68. The predicted octanol–water partition coefficient (Wildman–Crippen LogP) is -0.248. The molecule has 0 fully saturated rings. The molecular weight excluding hydrogens is 781 g/mol. The quantitative estimate of drug-likeness (QED) is 0.0175. The average molecular weight is 853 g/mol. The van der Waals surface area contributed by atoms with Gasteiger partial charge in [0, 0.05) is 64.8 Å². The van der Waals surface area contributed by atoms with Crippen molar-refractivity contribution in [1.82, 2.24) is 36.6 Å². The van der Waals surface area contributed by atoms with Crippen LogP contribution in [0, 0.1) is 0 Å². The van der Waals surface area contributed by atoms with Gasteiger partial charge in [-0.2, -0.15) is 39.3 Å². The molecule has 2 aliphatic rings. The number of methoxy groups -OCH3 is 1. The molecule has 2 heterocycles. The minimum absolute atomic E-state index is 0.0240. The molecule has 2 aliphatic heterocycles. The molecule has 0 spiro atoms. The molecule has 4 unspecified atom stereocenters. The number of carbonyl (C=O) groups excluding carboxylic acids is 1. The van der Waals surface area contributed by atoms with Gasteiger partial charge in [0.15, 0.2) is 0 Å². The highest BCUT2D eigenvalue weighted by atomic mass is 32.2. The van der Waals surface area contributed by atoms with E-state index < -0.39 is 11.6 Å². The summed E-state index contributed by atoms with van der Waals surface area (Å²) in [6, 6.07) is -0.999. The maximum Gasteiger partial charge on any atom is 0.221 e. The highest BCUT2D eigenvalue weighted by molar-refractivity contribution is 7.99. The fourth-order valence-electron chi connectivity index (χ4n) is 5.33. The molecule has 0 bridgehead atoms. The van der Waals surface area contributed by atoms with E-state index in [0.29, 0.717) is 58.3 Å². The lowest BCUT2D eigenvalue weighted by atomic mass is 10.0. The van der Waals surface area contributed by atoms with Gasteiger partial charge in [0.05, 0.1) is 90.4 Å². The van der Waals surface area contributed by atoms with Crippen LogP contribution in [0.15, 0.2) is 32.4 Å². The number of aliphatic hydroxyl groups excluding tert-OH is 3. The van der Waals surface area contributed by atoms with Crippen molar-refractivity contribution in [3.63, 3.8) is 0 Å². The van der Waals surface area contributed by atoms with E-state index in [9.17, 15) is 4.79 Å². The lowest BCUT2D eigenvalue weighted by molar-refractivity contribution is -0.122. The first-order valence-corrected chi connectivity index (χ1v) is 22.2. The Balaban J connectivity index is 1.86. The summed E-state index contributed by atoms with van der Waals surface area (Å²) in [4.78, 5) is 11.9. The largest absolute Gasteiger partial charge is 0.395 e. The van der Waals surface area contributed by atoms with Crippen LogP contribution in [-0.2, 0) is 23.7 Å². The first kappa shape index (κ1) is 51.2. The van der Waals surface area contributed by atoms with Gasteiger partial charge in [0.25, 0.3) is 0 Å². The third-order valence-electron chi connectivity index (χ3n) is 8.69. The summed E-state index contributed by atoms with van der Waals surface area (Å²) in [5.74, 6) is 3.28. The highest BCUT2D eigenvalue weighted by Crippen LogP contribution is 2.15. The van der Waals surface area contributed by atoms with Crippen LogP contribution in [0.1, 0.15) is 39.5 Å². The van der Waals surface area contributed by atoms with Gasteiger partial charge in [-0.15, -0.1) is 0 Å². The zero-order valence-electron chi connectivity index (χ0n) is 34.6. The number of rotatable bonds is 36. The number of thioether (sulfide) groups is 2. The molecular formula is C35H72N12O8S2. The van der Waals surface area contributed by atoms with Gasteiger partial charge in [-0.3, -0.25) is 20.1 Å². The lowest BCUT2D eigenvalue weighted by Crippen LogP contribution is -2.57. The van der Waals surface area contributed by atoms with Gasteiger partial charge < -0.3 is 50.3 Å². The summed E-state index contributed by atoms with van der Waals surface area (Å²) in [6.07, 6.45) is 5.09. The fraction of sp³-hybridized carbons (Fsp3) is 0.914. The van der Waals surface area contributed by atoms with Crippen LogP contribution in [-0.4, -0.2) is 202 Å². The van der Waals surface area contributed by atoms with Crippen molar-refractivity contribution in [2.45, 2.75) is 69.2 Å². The van der Waals surface area contributed by atoms with Crippen molar-refractivity contribution in [2.75, 3.05) is 136 Å². The highest BCUT2D eigenvalue weighted by Gasteiger charge is 2.33. The predicted molar refractivity (Wildman–Crippen MR) is 223 cm³/mol. The molecule has 57 heavy (non-hydrogen) atoms. The van der Waals surface area contributed by atoms with Crippen LogP contribution < -0.4 is 27.3 Å². The van der Waals surface area contributed by atoms with E-state index in [-0.39, 0.29) is 57.2 Å². The Kier molecular flexibility index (Phi) is 28.7. The number of nitrogens with zero attached hydrogens (tertiary/aromatic N) is 7. The van der Waals surface area contributed by atoms with Gasteiger partial charge in [0.2, 0.25) is 5.91 Å². The van der Waals surface area contributed by atoms with Crippen LogP contribution >= 0.6 is 23.5 Å². The molecule has 22 heteroatoms. The van der Waals surface area contributed by atoms with E-state index in [4.69, 9.17) is 40.0 Å². The fourth-order valence-corrected chi connectivity index (χ4v) is 7.20. The Labute approximate surface area is 347 Å². The molecule has 4 atom stereocenters. The normalized spacial score (nSPS) is 18.1. The van der Waals surface area contributed by atoms with Crippen LogP contribution in [0.3, 0.4) is 0 Å². The second-order valence-corrected chi connectivity index (χ2v) is 16.7. The van der Waals surface area contributed by atoms with Crippen molar-refractivity contribution in [2.24, 2.45) is 26.4 Å². The molecule has 0 aromatic carbocycles. The number of ether oxygens (including phenoxy) is 4. The number of amides is 1. The summed E-state index contributed by atoms with van der Waals surface area (Å²) in [6.45, 7) is 9.47. The Morgan fingerprint density at radius 1 is 1.12 bits per heavy atom. The third-order valence-corrected chi connectivity index (χ3v) is 10.9. The number of nitrogens with two attached hydrogens (primary N) is 1. The number of hydrogen-bond donors (Lipinski definition) is 8. The van der Waals surface area contributed by atoms with E-state index in [1.165, 1.54) is 0 Å². The molecule has 2 rings (SSSR count). The Morgan fingerprint density at radius 3 is 2.61 bits per heavy atom. The minimum atomic E-state index is -0.724. The Bertz CT molecular complexity index is 1140. The van der Waals surface area contributed by atoms with E-state index >= 15 is 0 Å². The molecule has 0 saturated carbocycles. The van der Waals surface area contributed by atoms with Crippen molar-refractivity contribution < 1.29 is 39.1 Å². The smallest absolute Gasteiger partial charge is 0.221 e. The topological polar surface area (TPSA) is 248 Å². The van der Waals surface area contributed by atoms with E-state index in [1.807, 2.05) is 42.7 Å². The van der Waals surface area contributed by atoms with E-state index in [2.05, 4.69) is 48.5 Å². The zero-order chi connectivity index (χ0) is 41.6. The Morgan fingerprint density at radius 2 is 1.88 bits per heavy atom. The number of aliphatic hydroxyl groups is 3. The van der Waals surface area contributed by atoms with Crippen molar-refractivity contribution in [3.05, 3.63) is 11.8 Å². The number of nitrogens with one attached hydrogen (secondary N) is 4. The molecule has 332 valence electrons. The van der Waals surface area contributed by atoms with Gasteiger partial charge in [0.1, 0.15) is 6.04 Å². The number of hydrazine groups is 2. The summed E-state index contributed by atoms with van der Waals surface area (Å²) in [7, 11) is 3.51. The van der Waals surface area contributed by atoms with Gasteiger partial charge in [-0.25, -0.2) is 5.43 Å². The Hall–Kier alpha value is -1.93. The number of likely N-dealkylation sites (N-methyl/N-ethyl adjacent to an activating group) is 1. The van der Waals surface area contributed by atoms with Crippen LogP contribution in [0.25, 0.3) is 0 Å². The SMILES string of the molecule is CCN1CC(COCC(COCC2=CN(CCCSCCC(N)CO)NNC2)(COCC(C)N=NN(C)CCCSCCC(=O)NC(CO)CO)NCOC)N=N1. The minimum Gasteiger partial charge on any atom is -0.395 e. The second kappa shape index (κ2) is 31.9. The monoisotopic (exact) mass is 853 g/mol. The standard InChI is InChI=1S/C35H72N12O8S2/c1-5-46-18-32(41-44-46)24-55-27-35(37-28-52-4,26-54-23-30-16-38-42-47(17-30)11-7-13-56-14-8-31(36)19-48)25-53-22-29(2)40-43-45(3)10-6-12-57-15-9-34(51)39-33(20-49)21-50/h17,29,31-33,37-38,42,48-50H,5-16,18-28,36H2,1-4H3,(H,39,51). The first-order valence-electron chi connectivity index (χ1n) is 19.9. The molecule has 0 radical (unpaired) electrons. The van der Waals surface area contributed by atoms with Gasteiger partial charge in [-0.05, 0) is 55.9 Å². The summed E-state index contributed by atoms with van der Waals surface area (Å²) in [5, 5.41) is 56.4. The van der Waals surface area contributed by atoms with Gasteiger partial charge in [-0.1, -0.05) is 10.4 Å². The third kappa shape index (κ3) is 24.1. The number of carbonyl (C=O) groups is 1. The van der Waals surface area contributed by atoms with Crippen molar-refractivity contribution in [1.29, 1.82) is 0 Å². The number of hydrogen-bond acceptors (Lipinski definition) is 20. The first-order chi connectivity index (χ1) is 27.6. The zero-order valence-corrected chi connectivity index (χ0v) is 36.2. The van der Waals surface area contributed by atoms with Gasteiger partial charge >= 0.3 is 0 Å². The van der Waals surface area contributed by atoms with Crippen molar-refractivity contribution >= 4 is 29.4 Å². The lowest BCUT2D eigenvalue weighted by Gasteiger charge is -2.35. The molecule has 9 N–H and O–H groups in total. The molecule has 1 amide bonds. The maximum absolute atomic E-state index is 11.9. The van der Waals surface area contributed by atoms with E-state index in [1.54, 1.807) is 23.9 Å². The summed E-state index contributed by atoms with van der Waals surface area (Å²) < 4.78 is 24.3. The van der Waals surface area contributed by atoms with Crippen molar-refractivity contribution in [3.8, 4) is 0 Å². The molecule has 0 aromatic rings.